The van der Waals surface area contributed by atoms with Gasteiger partial charge in [-0.1, -0.05) is 6.07 Å². The molecule has 0 aliphatic carbocycles. The number of nitrogens with zero attached hydrogens (tertiary/aromatic N) is 6. The van der Waals surface area contributed by atoms with Crippen LogP contribution in [0, 0.1) is 5.82 Å². The third-order valence-corrected chi connectivity index (χ3v) is 6.00. The summed E-state index contributed by atoms with van der Waals surface area (Å²) in [6, 6.07) is 12.0. The molecule has 0 saturated carbocycles. The lowest BCUT2D eigenvalue weighted by Crippen LogP contribution is -2.49. The summed E-state index contributed by atoms with van der Waals surface area (Å²) in [5, 5.41) is 17.2. The fraction of sp³-hybridized carbons (Fsp3) is 0.280. The van der Waals surface area contributed by atoms with E-state index in [2.05, 4.69) is 25.7 Å². The van der Waals surface area contributed by atoms with Gasteiger partial charge < -0.3 is 10.2 Å². The van der Waals surface area contributed by atoms with Crippen molar-refractivity contribution in [3.8, 4) is 11.4 Å². The lowest BCUT2D eigenvalue weighted by molar-refractivity contribution is -0.143. The highest BCUT2D eigenvalue weighted by Crippen LogP contribution is 2.26. The normalized spacial score (nSPS) is 12.2. The summed E-state index contributed by atoms with van der Waals surface area (Å²) in [6.07, 6.45) is 3.18. The summed E-state index contributed by atoms with van der Waals surface area (Å²) < 4.78 is 13.3. The number of thiophene rings is 1. The van der Waals surface area contributed by atoms with Crippen molar-refractivity contribution in [3.63, 3.8) is 0 Å². The highest BCUT2D eigenvalue weighted by atomic mass is 32.1. The fourth-order valence-corrected chi connectivity index (χ4v) is 4.29. The van der Waals surface area contributed by atoms with Gasteiger partial charge in [-0.05, 0) is 79.4 Å². The first-order valence-corrected chi connectivity index (χ1v) is 12.1. The van der Waals surface area contributed by atoms with E-state index in [1.165, 1.54) is 45.3 Å². The third kappa shape index (κ3) is 6.36. The number of carbonyl (C=O) groups excluding carboxylic acids is 2. The van der Waals surface area contributed by atoms with Crippen LogP contribution >= 0.6 is 11.3 Å². The molecule has 0 bridgehead atoms. The van der Waals surface area contributed by atoms with E-state index < -0.39 is 11.6 Å². The van der Waals surface area contributed by atoms with E-state index in [1.54, 1.807) is 24.5 Å². The number of tetrazole rings is 1. The standard InChI is InChI=1S/C25H26FN7O2S/c1-25(2,3)28-24(35)22(17-10-12-27-13-11-17)32(15-20-5-4-14-36-20)21(34)16-33-30-23(29-31-33)18-6-8-19(26)9-7-18/h4-14,22H,15-16H2,1-3H3,(H,28,35)/t22-/m1/s1. The minimum Gasteiger partial charge on any atom is -0.349 e. The molecule has 0 saturated heterocycles. The molecule has 0 fully saturated rings. The van der Waals surface area contributed by atoms with Crippen molar-refractivity contribution in [1.29, 1.82) is 0 Å². The van der Waals surface area contributed by atoms with Crippen LogP contribution in [0.25, 0.3) is 11.4 Å². The van der Waals surface area contributed by atoms with Crippen LogP contribution in [0.5, 0.6) is 0 Å². The molecule has 4 aromatic rings. The Hall–Kier alpha value is -3.99. The first-order chi connectivity index (χ1) is 17.2. The molecule has 3 aromatic heterocycles. The van der Waals surface area contributed by atoms with E-state index in [9.17, 15) is 14.0 Å². The Bertz CT molecular complexity index is 1300. The highest BCUT2D eigenvalue weighted by molar-refractivity contribution is 7.09. The Morgan fingerprint density at radius 2 is 1.83 bits per heavy atom. The number of pyridine rings is 1. The van der Waals surface area contributed by atoms with Crippen molar-refractivity contribution in [2.24, 2.45) is 0 Å². The highest BCUT2D eigenvalue weighted by Gasteiger charge is 2.34. The smallest absolute Gasteiger partial charge is 0.247 e. The minimum absolute atomic E-state index is 0.223. The topological polar surface area (TPSA) is 106 Å². The molecule has 0 radical (unpaired) electrons. The van der Waals surface area contributed by atoms with Crippen LogP contribution < -0.4 is 5.32 Å². The molecule has 0 spiro atoms. The number of hydrogen-bond donors (Lipinski definition) is 1. The maximum absolute atomic E-state index is 13.7. The van der Waals surface area contributed by atoms with Crippen molar-refractivity contribution in [1.82, 2.24) is 35.4 Å². The second kappa shape index (κ2) is 10.7. The summed E-state index contributed by atoms with van der Waals surface area (Å²) in [6.45, 7) is 5.65. The molecule has 11 heteroatoms. The van der Waals surface area contributed by atoms with E-state index in [1.807, 2.05) is 38.3 Å². The Balaban J connectivity index is 1.65. The van der Waals surface area contributed by atoms with Gasteiger partial charge >= 0.3 is 0 Å². The predicted molar refractivity (Wildman–Crippen MR) is 133 cm³/mol. The molecule has 9 nitrogen and oxygen atoms in total. The van der Waals surface area contributed by atoms with Gasteiger partial charge in [-0.3, -0.25) is 14.6 Å². The van der Waals surface area contributed by atoms with E-state index in [0.29, 0.717) is 11.1 Å². The Morgan fingerprint density at radius 1 is 1.11 bits per heavy atom. The third-order valence-electron chi connectivity index (χ3n) is 5.14. The summed E-state index contributed by atoms with van der Waals surface area (Å²) >= 11 is 1.50. The van der Waals surface area contributed by atoms with E-state index in [4.69, 9.17) is 0 Å². The van der Waals surface area contributed by atoms with Crippen LogP contribution in [-0.2, 0) is 22.7 Å². The monoisotopic (exact) mass is 507 g/mol. The van der Waals surface area contributed by atoms with Gasteiger partial charge in [-0.25, -0.2) is 4.39 Å². The quantitative estimate of drug-likeness (QED) is 0.391. The van der Waals surface area contributed by atoms with Crippen molar-refractivity contribution in [3.05, 3.63) is 82.6 Å². The van der Waals surface area contributed by atoms with E-state index in [0.717, 1.165) is 4.88 Å². The molecule has 1 N–H and O–H groups in total. The predicted octanol–water partition coefficient (Wildman–Crippen LogP) is 3.62. The molecule has 0 aliphatic heterocycles. The van der Waals surface area contributed by atoms with Crippen LogP contribution in [0.1, 0.15) is 37.3 Å². The number of nitrogens with one attached hydrogen (secondary N) is 1. The van der Waals surface area contributed by atoms with Crippen LogP contribution in [0.15, 0.2) is 66.3 Å². The number of aromatic nitrogens is 5. The zero-order chi connectivity index (χ0) is 25.7. The molecule has 0 aliphatic rings. The summed E-state index contributed by atoms with van der Waals surface area (Å²) in [7, 11) is 0. The van der Waals surface area contributed by atoms with Gasteiger partial charge in [0, 0.05) is 28.4 Å². The largest absolute Gasteiger partial charge is 0.349 e. The van der Waals surface area contributed by atoms with Gasteiger partial charge in [0.25, 0.3) is 0 Å². The first-order valence-electron chi connectivity index (χ1n) is 11.3. The second-order valence-electron chi connectivity index (χ2n) is 9.17. The van der Waals surface area contributed by atoms with Crippen molar-refractivity contribution < 1.29 is 14.0 Å². The molecule has 4 rings (SSSR count). The van der Waals surface area contributed by atoms with E-state index >= 15 is 0 Å². The zero-order valence-electron chi connectivity index (χ0n) is 20.1. The Morgan fingerprint density at radius 3 is 2.47 bits per heavy atom. The summed E-state index contributed by atoms with van der Waals surface area (Å²) in [5.41, 5.74) is 0.706. The van der Waals surface area contributed by atoms with Gasteiger partial charge in [-0.15, -0.1) is 21.5 Å². The second-order valence-corrected chi connectivity index (χ2v) is 10.2. The number of rotatable bonds is 8. The van der Waals surface area contributed by atoms with Crippen LogP contribution in [0.4, 0.5) is 4.39 Å². The van der Waals surface area contributed by atoms with Crippen molar-refractivity contribution in [2.45, 2.75) is 45.4 Å². The molecule has 1 aromatic carbocycles. The average Bonchev–Trinajstić information content (AvgIpc) is 3.51. The van der Waals surface area contributed by atoms with E-state index in [-0.39, 0.29) is 36.5 Å². The van der Waals surface area contributed by atoms with Gasteiger partial charge in [0.15, 0.2) is 0 Å². The summed E-state index contributed by atoms with van der Waals surface area (Å²) in [4.78, 5) is 34.8. The van der Waals surface area contributed by atoms with Gasteiger partial charge in [0.05, 0.1) is 6.54 Å². The average molecular weight is 508 g/mol. The number of benzene rings is 1. The zero-order valence-corrected chi connectivity index (χ0v) is 20.9. The van der Waals surface area contributed by atoms with Gasteiger partial charge in [0.1, 0.15) is 18.4 Å². The number of halogens is 1. The number of amides is 2. The molecule has 1 atom stereocenters. The molecule has 36 heavy (non-hydrogen) atoms. The minimum atomic E-state index is -0.901. The van der Waals surface area contributed by atoms with Crippen molar-refractivity contribution >= 4 is 23.2 Å². The lowest BCUT2D eigenvalue weighted by atomic mass is 10.0. The first kappa shape index (κ1) is 25.1. The number of carbonyl (C=O) groups is 2. The SMILES string of the molecule is CC(C)(C)NC(=O)[C@@H](c1ccncc1)N(Cc1cccs1)C(=O)Cn1nnc(-c2ccc(F)cc2)n1. The Labute approximate surface area is 212 Å². The van der Waals surface area contributed by atoms with Crippen LogP contribution in [0.3, 0.4) is 0 Å². The van der Waals surface area contributed by atoms with Crippen LogP contribution in [-0.4, -0.2) is 47.4 Å². The molecule has 0 unspecified atom stereocenters. The van der Waals surface area contributed by atoms with Gasteiger partial charge in [0.2, 0.25) is 17.6 Å². The molecule has 2 amide bonds. The molecule has 186 valence electrons. The maximum Gasteiger partial charge on any atom is 0.247 e. The number of hydrogen-bond acceptors (Lipinski definition) is 7. The molecular weight excluding hydrogens is 481 g/mol. The van der Waals surface area contributed by atoms with Crippen molar-refractivity contribution in [2.75, 3.05) is 0 Å². The fourth-order valence-electron chi connectivity index (χ4n) is 3.59. The maximum atomic E-state index is 13.7. The molecular formula is C25H26FN7O2S. The Kier molecular flexibility index (Phi) is 7.49. The van der Waals surface area contributed by atoms with Crippen LogP contribution in [0.2, 0.25) is 0 Å². The molecule has 3 heterocycles. The van der Waals surface area contributed by atoms with Gasteiger partial charge in [-0.2, -0.15) is 4.80 Å². The summed E-state index contributed by atoms with van der Waals surface area (Å²) in [5.74, 6) is -0.778. The lowest BCUT2D eigenvalue weighted by Gasteiger charge is -2.33.